The maximum absolute atomic E-state index is 12.5. The van der Waals surface area contributed by atoms with Crippen LogP contribution in [0.15, 0.2) is 42.5 Å². The van der Waals surface area contributed by atoms with Crippen molar-refractivity contribution >= 4 is 35.3 Å². The SMILES string of the molecule is CC(CS)C(=O)N1CC(c2cccc3ccccc23)C[C@H]1C(=O)O. The summed E-state index contributed by atoms with van der Waals surface area (Å²) in [4.78, 5) is 25.7. The zero-order valence-corrected chi connectivity index (χ0v) is 14.4. The highest BCUT2D eigenvalue weighted by Crippen LogP contribution is 2.36. The van der Waals surface area contributed by atoms with Crippen LogP contribution in [0, 0.1) is 5.92 Å². The third-order valence-corrected chi connectivity index (χ3v) is 5.38. The van der Waals surface area contributed by atoms with Crippen molar-refractivity contribution in [1.29, 1.82) is 0 Å². The summed E-state index contributed by atoms with van der Waals surface area (Å²) in [5, 5.41) is 11.8. The number of carboxylic acids is 1. The molecular formula is C19H21NO3S. The van der Waals surface area contributed by atoms with Gasteiger partial charge in [0.1, 0.15) is 6.04 Å². The van der Waals surface area contributed by atoms with Crippen molar-refractivity contribution in [3.05, 3.63) is 48.0 Å². The third kappa shape index (κ3) is 3.00. The van der Waals surface area contributed by atoms with E-state index in [0.717, 1.165) is 16.3 Å². The second kappa shape index (κ2) is 6.85. The maximum Gasteiger partial charge on any atom is 0.326 e. The smallest absolute Gasteiger partial charge is 0.326 e. The minimum Gasteiger partial charge on any atom is -0.480 e. The van der Waals surface area contributed by atoms with Crippen molar-refractivity contribution in [2.24, 2.45) is 5.92 Å². The fraction of sp³-hybridized carbons (Fsp3) is 0.368. The van der Waals surface area contributed by atoms with E-state index >= 15 is 0 Å². The number of benzene rings is 2. The van der Waals surface area contributed by atoms with Gasteiger partial charge in [-0.25, -0.2) is 4.79 Å². The first-order chi connectivity index (χ1) is 11.5. The van der Waals surface area contributed by atoms with Gasteiger partial charge in [0, 0.05) is 24.1 Å². The Kier molecular flexibility index (Phi) is 4.81. The summed E-state index contributed by atoms with van der Waals surface area (Å²) in [5.41, 5.74) is 1.12. The molecule has 0 aromatic heterocycles. The Labute approximate surface area is 146 Å². The predicted molar refractivity (Wildman–Crippen MR) is 97.5 cm³/mol. The summed E-state index contributed by atoms with van der Waals surface area (Å²) in [6.45, 7) is 2.24. The lowest BCUT2D eigenvalue weighted by Crippen LogP contribution is -2.43. The number of aliphatic carboxylic acids is 1. The quantitative estimate of drug-likeness (QED) is 0.839. The van der Waals surface area contributed by atoms with Crippen LogP contribution in [0.1, 0.15) is 24.8 Å². The molecule has 2 unspecified atom stereocenters. The second-order valence-corrected chi connectivity index (χ2v) is 6.79. The molecule has 1 heterocycles. The van der Waals surface area contributed by atoms with E-state index in [9.17, 15) is 14.7 Å². The minimum atomic E-state index is -0.933. The number of rotatable bonds is 4. The van der Waals surface area contributed by atoms with E-state index < -0.39 is 12.0 Å². The van der Waals surface area contributed by atoms with Crippen LogP contribution in [0.4, 0.5) is 0 Å². The van der Waals surface area contributed by atoms with Crippen molar-refractivity contribution < 1.29 is 14.7 Å². The molecule has 24 heavy (non-hydrogen) atoms. The first-order valence-electron chi connectivity index (χ1n) is 8.14. The first-order valence-corrected chi connectivity index (χ1v) is 8.78. The Morgan fingerprint density at radius 1 is 1.25 bits per heavy atom. The molecule has 2 aromatic rings. The van der Waals surface area contributed by atoms with Gasteiger partial charge in [0.25, 0.3) is 0 Å². The number of nitrogens with zero attached hydrogens (tertiary/aromatic N) is 1. The third-order valence-electron chi connectivity index (χ3n) is 4.83. The Morgan fingerprint density at radius 2 is 1.96 bits per heavy atom. The van der Waals surface area contributed by atoms with Gasteiger partial charge in [-0.3, -0.25) is 4.79 Å². The van der Waals surface area contributed by atoms with E-state index in [0.29, 0.717) is 18.7 Å². The summed E-state index contributed by atoms with van der Waals surface area (Å²) < 4.78 is 0. The van der Waals surface area contributed by atoms with Crippen LogP contribution in [0.5, 0.6) is 0 Å². The molecule has 126 valence electrons. The molecule has 5 heteroatoms. The monoisotopic (exact) mass is 343 g/mol. The van der Waals surface area contributed by atoms with Gasteiger partial charge in [0.2, 0.25) is 5.91 Å². The summed E-state index contributed by atoms with van der Waals surface area (Å²) in [5.74, 6) is -0.882. The maximum atomic E-state index is 12.5. The van der Waals surface area contributed by atoms with E-state index in [1.807, 2.05) is 36.4 Å². The number of carbonyl (C=O) groups excluding carboxylic acids is 1. The van der Waals surface area contributed by atoms with Crippen LogP contribution >= 0.6 is 12.6 Å². The molecule has 1 aliphatic rings. The predicted octanol–water partition coefficient (Wildman–Crippen LogP) is 3.17. The van der Waals surface area contributed by atoms with E-state index in [1.165, 1.54) is 4.90 Å². The van der Waals surface area contributed by atoms with Gasteiger partial charge in [-0.2, -0.15) is 12.6 Å². The number of amides is 1. The Bertz CT molecular complexity index is 771. The highest BCUT2D eigenvalue weighted by atomic mass is 32.1. The molecule has 0 spiro atoms. The molecule has 0 saturated carbocycles. The lowest BCUT2D eigenvalue weighted by Gasteiger charge is -2.24. The molecular weight excluding hydrogens is 322 g/mol. The number of fused-ring (bicyclic) bond motifs is 1. The molecule has 0 aliphatic carbocycles. The van der Waals surface area contributed by atoms with Crippen molar-refractivity contribution in [1.82, 2.24) is 4.90 Å². The number of likely N-dealkylation sites (tertiary alicyclic amines) is 1. The fourth-order valence-electron chi connectivity index (χ4n) is 3.51. The van der Waals surface area contributed by atoms with Gasteiger partial charge < -0.3 is 10.0 Å². The highest BCUT2D eigenvalue weighted by molar-refractivity contribution is 7.80. The molecule has 1 saturated heterocycles. The lowest BCUT2D eigenvalue weighted by molar-refractivity contribution is -0.149. The van der Waals surface area contributed by atoms with Crippen molar-refractivity contribution in [3.63, 3.8) is 0 Å². The molecule has 0 radical (unpaired) electrons. The molecule has 1 N–H and O–H groups in total. The van der Waals surface area contributed by atoms with Gasteiger partial charge >= 0.3 is 5.97 Å². The number of hydrogen-bond acceptors (Lipinski definition) is 3. The van der Waals surface area contributed by atoms with Crippen LogP contribution in [-0.4, -0.2) is 40.2 Å². The van der Waals surface area contributed by atoms with Gasteiger partial charge in [0.15, 0.2) is 0 Å². The first kappa shape index (κ1) is 16.8. The molecule has 1 aliphatic heterocycles. The topological polar surface area (TPSA) is 57.6 Å². The molecule has 1 amide bonds. The minimum absolute atomic E-state index is 0.0354. The van der Waals surface area contributed by atoms with Crippen molar-refractivity contribution in [2.75, 3.05) is 12.3 Å². The number of hydrogen-bond donors (Lipinski definition) is 2. The van der Waals surface area contributed by atoms with E-state index in [1.54, 1.807) is 6.92 Å². The van der Waals surface area contributed by atoms with Gasteiger partial charge in [-0.15, -0.1) is 0 Å². The zero-order valence-electron chi connectivity index (χ0n) is 13.6. The normalized spacial score (nSPS) is 21.8. The number of carbonyl (C=O) groups is 2. The molecule has 2 aromatic carbocycles. The Morgan fingerprint density at radius 3 is 2.67 bits per heavy atom. The van der Waals surface area contributed by atoms with Gasteiger partial charge in [-0.05, 0) is 22.8 Å². The van der Waals surface area contributed by atoms with Crippen LogP contribution < -0.4 is 0 Å². The Hall–Kier alpha value is -2.01. The largest absolute Gasteiger partial charge is 0.480 e. The molecule has 0 bridgehead atoms. The molecule has 3 rings (SSSR count). The van der Waals surface area contributed by atoms with E-state index in [-0.39, 0.29) is 17.7 Å². The van der Waals surface area contributed by atoms with Crippen LogP contribution in [0.25, 0.3) is 10.8 Å². The van der Waals surface area contributed by atoms with E-state index in [2.05, 4.69) is 18.7 Å². The second-order valence-electron chi connectivity index (χ2n) is 6.43. The summed E-state index contributed by atoms with van der Waals surface area (Å²) in [7, 11) is 0. The Balaban J connectivity index is 1.95. The summed E-state index contributed by atoms with van der Waals surface area (Å²) in [6, 6.07) is 13.4. The van der Waals surface area contributed by atoms with Crippen LogP contribution in [-0.2, 0) is 9.59 Å². The van der Waals surface area contributed by atoms with Crippen LogP contribution in [0.2, 0.25) is 0 Å². The lowest BCUT2D eigenvalue weighted by atomic mass is 9.91. The van der Waals surface area contributed by atoms with Gasteiger partial charge in [0.05, 0.1) is 0 Å². The van der Waals surface area contributed by atoms with Crippen LogP contribution in [0.3, 0.4) is 0 Å². The van der Waals surface area contributed by atoms with Gasteiger partial charge in [-0.1, -0.05) is 49.4 Å². The average molecular weight is 343 g/mol. The standard InChI is InChI=1S/C19H21NO3S/c1-12(11-24)18(21)20-10-14(9-17(20)19(22)23)16-8-4-6-13-5-2-3-7-15(13)16/h2-8,12,14,17,24H,9-11H2,1H3,(H,22,23)/t12?,14?,17-/m0/s1. The number of thiol groups is 1. The van der Waals surface area contributed by atoms with Crippen molar-refractivity contribution in [2.45, 2.75) is 25.3 Å². The summed E-state index contributed by atoms with van der Waals surface area (Å²) >= 11 is 4.17. The highest BCUT2D eigenvalue weighted by Gasteiger charge is 2.41. The molecule has 3 atom stereocenters. The summed E-state index contributed by atoms with van der Waals surface area (Å²) in [6.07, 6.45) is 0.453. The zero-order chi connectivity index (χ0) is 17.3. The average Bonchev–Trinajstić information content (AvgIpc) is 3.05. The fourth-order valence-corrected chi connectivity index (χ4v) is 3.66. The molecule has 4 nitrogen and oxygen atoms in total. The molecule has 1 fully saturated rings. The van der Waals surface area contributed by atoms with Crippen molar-refractivity contribution in [3.8, 4) is 0 Å². The van der Waals surface area contributed by atoms with E-state index in [4.69, 9.17) is 0 Å². The number of carboxylic acid groups (broad SMARTS) is 1.